The molecule has 0 aliphatic rings. The third-order valence-corrected chi connectivity index (χ3v) is 3.01. The van der Waals surface area contributed by atoms with Gasteiger partial charge in [-0.25, -0.2) is 9.50 Å². The van der Waals surface area contributed by atoms with Crippen LogP contribution in [0.2, 0.25) is 0 Å². The molecule has 2 aromatic heterocycles. The van der Waals surface area contributed by atoms with Gasteiger partial charge in [-0.15, -0.1) is 5.10 Å². The van der Waals surface area contributed by atoms with E-state index in [1.54, 1.807) is 11.6 Å². The maximum atomic E-state index is 5.70. The molecule has 3 rings (SSSR count). The number of fused-ring (bicyclic) bond motifs is 1. The lowest BCUT2D eigenvalue weighted by molar-refractivity contribution is 0.415. The zero-order valence-corrected chi connectivity index (χ0v) is 10.6. The summed E-state index contributed by atoms with van der Waals surface area (Å²) in [6, 6.07) is 11.5. The molecule has 0 bridgehead atoms. The Morgan fingerprint density at radius 2 is 2.00 bits per heavy atom. The molecule has 19 heavy (non-hydrogen) atoms. The van der Waals surface area contributed by atoms with Gasteiger partial charge in [0.1, 0.15) is 5.75 Å². The average Bonchev–Trinajstić information content (AvgIpc) is 2.91. The van der Waals surface area contributed by atoms with Gasteiger partial charge in [-0.2, -0.15) is 0 Å². The van der Waals surface area contributed by atoms with Gasteiger partial charge in [-0.05, 0) is 30.3 Å². The predicted molar refractivity (Wildman–Crippen MR) is 72.9 cm³/mol. The Hall–Kier alpha value is -2.40. The van der Waals surface area contributed by atoms with Crippen LogP contribution in [0.15, 0.2) is 42.6 Å². The van der Waals surface area contributed by atoms with E-state index in [2.05, 4.69) is 10.1 Å². The highest BCUT2D eigenvalue weighted by atomic mass is 16.5. The Bertz CT molecular complexity index is 703. The Kier molecular flexibility index (Phi) is 2.89. The molecule has 5 nitrogen and oxygen atoms in total. The number of methoxy groups -OCH3 is 1. The van der Waals surface area contributed by atoms with Gasteiger partial charge in [0.25, 0.3) is 0 Å². The molecule has 0 fully saturated rings. The van der Waals surface area contributed by atoms with Crippen molar-refractivity contribution in [2.75, 3.05) is 7.11 Å². The molecule has 0 saturated carbocycles. The third-order valence-electron chi connectivity index (χ3n) is 3.01. The summed E-state index contributed by atoms with van der Waals surface area (Å²) >= 11 is 0. The van der Waals surface area contributed by atoms with Crippen molar-refractivity contribution in [1.29, 1.82) is 0 Å². The Labute approximate surface area is 110 Å². The van der Waals surface area contributed by atoms with E-state index in [-0.39, 0.29) is 0 Å². The molecule has 5 heteroatoms. The lowest BCUT2D eigenvalue weighted by atomic mass is 10.2. The molecule has 2 N–H and O–H groups in total. The number of pyridine rings is 1. The lowest BCUT2D eigenvalue weighted by Crippen LogP contribution is -1.99. The quantitative estimate of drug-likeness (QED) is 0.774. The predicted octanol–water partition coefficient (Wildman–Crippen LogP) is 1.86. The van der Waals surface area contributed by atoms with E-state index in [1.165, 1.54) is 0 Å². The topological polar surface area (TPSA) is 65.4 Å². The van der Waals surface area contributed by atoms with Gasteiger partial charge < -0.3 is 10.5 Å². The van der Waals surface area contributed by atoms with E-state index in [4.69, 9.17) is 10.5 Å². The van der Waals surface area contributed by atoms with Crippen LogP contribution in [-0.4, -0.2) is 21.7 Å². The number of hydrogen-bond donors (Lipinski definition) is 1. The summed E-state index contributed by atoms with van der Waals surface area (Å²) in [6.45, 7) is 0.449. The van der Waals surface area contributed by atoms with Crippen molar-refractivity contribution < 1.29 is 4.74 Å². The van der Waals surface area contributed by atoms with Crippen molar-refractivity contribution in [2.24, 2.45) is 5.73 Å². The van der Waals surface area contributed by atoms with Crippen molar-refractivity contribution in [3.8, 4) is 17.1 Å². The first-order chi connectivity index (χ1) is 9.31. The van der Waals surface area contributed by atoms with E-state index in [9.17, 15) is 0 Å². The van der Waals surface area contributed by atoms with E-state index in [0.717, 1.165) is 22.5 Å². The molecule has 0 radical (unpaired) electrons. The highest BCUT2D eigenvalue weighted by Crippen LogP contribution is 2.20. The van der Waals surface area contributed by atoms with Crippen LogP contribution < -0.4 is 10.5 Å². The first-order valence-corrected chi connectivity index (χ1v) is 6.00. The van der Waals surface area contributed by atoms with Crippen molar-refractivity contribution in [2.45, 2.75) is 6.54 Å². The number of nitrogens with zero attached hydrogens (tertiary/aromatic N) is 3. The SMILES string of the molecule is COc1ccc(-c2nc3c(CN)cccn3n2)cc1. The minimum Gasteiger partial charge on any atom is -0.497 e. The molecule has 0 aliphatic heterocycles. The van der Waals surface area contributed by atoms with Gasteiger partial charge in [-0.3, -0.25) is 0 Å². The van der Waals surface area contributed by atoms with Crippen LogP contribution in [0.1, 0.15) is 5.56 Å². The second kappa shape index (κ2) is 4.70. The Morgan fingerprint density at radius 1 is 1.21 bits per heavy atom. The molecular formula is C14H14N4O. The maximum absolute atomic E-state index is 5.70. The van der Waals surface area contributed by atoms with Gasteiger partial charge in [0.15, 0.2) is 11.5 Å². The number of aromatic nitrogens is 3. The van der Waals surface area contributed by atoms with Crippen molar-refractivity contribution in [3.05, 3.63) is 48.2 Å². The summed E-state index contributed by atoms with van der Waals surface area (Å²) in [5.41, 5.74) is 8.44. The Balaban J connectivity index is 2.09. The molecule has 0 amide bonds. The molecule has 0 spiro atoms. The molecule has 1 aromatic carbocycles. The molecule has 2 heterocycles. The fraction of sp³-hybridized carbons (Fsp3) is 0.143. The summed E-state index contributed by atoms with van der Waals surface area (Å²) in [5.74, 6) is 1.50. The van der Waals surface area contributed by atoms with Crippen LogP contribution in [-0.2, 0) is 6.54 Å². The van der Waals surface area contributed by atoms with Gasteiger partial charge in [0.2, 0.25) is 0 Å². The van der Waals surface area contributed by atoms with Crippen LogP contribution in [0.4, 0.5) is 0 Å². The van der Waals surface area contributed by atoms with Gasteiger partial charge in [0, 0.05) is 23.9 Å². The highest BCUT2D eigenvalue weighted by molar-refractivity contribution is 5.60. The summed E-state index contributed by atoms with van der Waals surface area (Å²) in [4.78, 5) is 4.54. The van der Waals surface area contributed by atoms with Crippen LogP contribution >= 0.6 is 0 Å². The fourth-order valence-corrected chi connectivity index (χ4v) is 1.98. The van der Waals surface area contributed by atoms with Gasteiger partial charge in [-0.1, -0.05) is 6.07 Å². The van der Waals surface area contributed by atoms with Crippen molar-refractivity contribution in [3.63, 3.8) is 0 Å². The number of rotatable bonds is 3. The fourth-order valence-electron chi connectivity index (χ4n) is 1.98. The molecule has 0 aliphatic carbocycles. The zero-order valence-electron chi connectivity index (χ0n) is 10.6. The van der Waals surface area contributed by atoms with Crippen LogP contribution in [0.5, 0.6) is 5.75 Å². The monoisotopic (exact) mass is 254 g/mol. The van der Waals surface area contributed by atoms with Gasteiger partial charge in [0.05, 0.1) is 7.11 Å². The normalized spacial score (nSPS) is 10.8. The van der Waals surface area contributed by atoms with E-state index < -0.39 is 0 Å². The molecule has 0 atom stereocenters. The number of benzene rings is 1. The highest BCUT2D eigenvalue weighted by Gasteiger charge is 2.08. The molecule has 96 valence electrons. The smallest absolute Gasteiger partial charge is 0.182 e. The van der Waals surface area contributed by atoms with E-state index >= 15 is 0 Å². The Morgan fingerprint density at radius 3 is 2.68 bits per heavy atom. The van der Waals surface area contributed by atoms with Crippen LogP contribution in [0.3, 0.4) is 0 Å². The summed E-state index contributed by atoms with van der Waals surface area (Å²) in [5, 5.41) is 4.46. The van der Waals surface area contributed by atoms with Crippen LogP contribution in [0, 0.1) is 0 Å². The van der Waals surface area contributed by atoms with Crippen molar-refractivity contribution >= 4 is 5.65 Å². The summed E-state index contributed by atoms with van der Waals surface area (Å²) in [6.07, 6.45) is 1.87. The first kappa shape index (κ1) is 11.7. The first-order valence-electron chi connectivity index (χ1n) is 6.00. The molecular weight excluding hydrogens is 240 g/mol. The maximum Gasteiger partial charge on any atom is 0.182 e. The molecule has 0 saturated heterocycles. The number of hydrogen-bond acceptors (Lipinski definition) is 4. The summed E-state index contributed by atoms with van der Waals surface area (Å²) < 4.78 is 6.89. The standard InChI is InChI=1S/C14H14N4O/c1-19-12-6-4-10(5-7-12)13-16-14-11(9-15)3-2-8-18(14)17-13/h2-8H,9,15H2,1H3. The molecule has 3 aromatic rings. The third kappa shape index (κ3) is 2.04. The second-order valence-electron chi connectivity index (χ2n) is 4.17. The number of ether oxygens (including phenoxy) is 1. The zero-order chi connectivity index (χ0) is 13.2. The average molecular weight is 254 g/mol. The van der Waals surface area contributed by atoms with Gasteiger partial charge >= 0.3 is 0 Å². The lowest BCUT2D eigenvalue weighted by Gasteiger charge is -1.99. The number of nitrogens with two attached hydrogens (primary N) is 1. The molecule has 0 unspecified atom stereocenters. The summed E-state index contributed by atoms with van der Waals surface area (Å²) in [7, 11) is 1.64. The van der Waals surface area contributed by atoms with Crippen LogP contribution in [0.25, 0.3) is 17.0 Å². The minimum absolute atomic E-state index is 0.449. The largest absolute Gasteiger partial charge is 0.497 e. The van der Waals surface area contributed by atoms with E-state index in [1.807, 2.05) is 42.6 Å². The minimum atomic E-state index is 0.449. The second-order valence-corrected chi connectivity index (χ2v) is 4.17. The van der Waals surface area contributed by atoms with E-state index in [0.29, 0.717) is 12.4 Å². The van der Waals surface area contributed by atoms with Crippen molar-refractivity contribution in [1.82, 2.24) is 14.6 Å².